The first kappa shape index (κ1) is 24.0. The molecule has 0 aromatic heterocycles. The minimum atomic E-state index is -1.15. The Morgan fingerprint density at radius 3 is 2.51 bits per heavy atom. The quantitative estimate of drug-likeness (QED) is 0.563. The van der Waals surface area contributed by atoms with Crippen molar-refractivity contribution in [3.8, 4) is 0 Å². The number of hydrogen-bond acceptors (Lipinski definition) is 8. The molecule has 9 nitrogen and oxygen atoms in total. The summed E-state index contributed by atoms with van der Waals surface area (Å²) in [5.74, 6) is -2.01. The van der Waals surface area contributed by atoms with Gasteiger partial charge in [-0.05, 0) is 37.5 Å². The normalized spacial score (nSPS) is 30.6. The molecule has 6 rings (SSSR count). The van der Waals surface area contributed by atoms with E-state index in [2.05, 4.69) is 0 Å². The molecule has 37 heavy (non-hydrogen) atoms. The van der Waals surface area contributed by atoms with Crippen molar-refractivity contribution in [2.75, 3.05) is 6.61 Å². The second-order valence-electron chi connectivity index (χ2n) is 10.3. The first-order chi connectivity index (χ1) is 17.6. The van der Waals surface area contributed by atoms with Gasteiger partial charge in [-0.25, -0.2) is 4.79 Å². The van der Waals surface area contributed by atoms with Crippen LogP contribution in [0, 0.1) is 13.8 Å². The van der Waals surface area contributed by atoms with Crippen LogP contribution in [0.5, 0.6) is 0 Å². The topological polar surface area (TPSA) is 134 Å². The number of carboxylic acid groups (broad SMARTS) is 1. The number of aliphatic hydroxyl groups is 2. The number of aliphatic hydroxyl groups excluding tert-OH is 2. The fourth-order valence-electron chi connectivity index (χ4n) is 6.25. The van der Waals surface area contributed by atoms with Crippen LogP contribution in [0.1, 0.15) is 74.2 Å². The Morgan fingerprint density at radius 1 is 1.05 bits per heavy atom. The third kappa shape index (κ3) is 3.35. The zero-order chi connectivity index (χ0) is 26.3. The Balaban J connectivity index is 1.58. The van der Waals surface area contributed by atoms with Crippen LogP contribution < -0.4 is 0 Å². The van der Waals surface area contributed by atoms with E-state index in [1.807, 2.05) is 26.0 Å². The molecule has 192 valence electrons. The number of benzene rings is 2. The Bertz CT molecular complexity index is 1400. The van der Waals surface area contributed by atoms with Gasteiger partial charge in [0.05, 0.1) is 30.5 Å². The third-order valence-electron chi connectivity index (χ3n) is 7.87. The van der Waals surface area contributed by atoms with Crippen LogP contribution in [0.15, 0.2) is 36.0 Å². The van der Waals surface area contributed by atoms with E-state index >= 15 is 0 Å². The number of fused-ring (bicyclic) bond motifs is 6. The SMILES string of the molecule is Cc1cc(C)c2c(c1)C1OCC(C(=O)O)N1C1=C2C(=O)c2cccc([C@H]3C[C@@H](O)[C@@H](O)[C@H](C)O3)c2C1=O. The highest BCUT2D eigenvalue weighted by Gasteiger charge is 2.52. The fraction of sp³-hybridized carbons (Fsp3) is 0.393. The van der Waals surface area contributed by atoms with Gasteiger partial charge < -0.3 is 29.7 Å². The molecule has 0 saturated carbocycles. The summed E-state index contributed by atoms with van der Waals surface area (Å²) in [6.45, 7) is 5.28. The highest BCUT2D eigenvalue weighted by atomic mass is 16.5. The monoisotopic (exact) mass is 505 g/mol. The number of ketones is 2. The number of carbonyl (C=O) groups excluding carboxylic acids is 2. The standard InChI is InChI=1S/C28H27NO8/c1-11-7-12(2)20-16(8-11)27-29(17(10-36-27)28(34)35)23-22(20)25(32)15-6-4-5-14(21(15)26(23)33)19-9-18(30)24(31)13(3)37-19/h4-8,13,17-19,24,27,30-31H,9-10H2,1-3H3,(H,34,35)/t13-,17?,18+,19+,24-,27?/m0/s1. The smallest absolute Gasteiger partial charge is 0.328 e. The van der Waals surface area contributed by atoms with Crippen molar-refractivity contribution in [3.05, 3.63) is 75.0 Å². The van der Waals surface area contributed by atoms with Crippen molar-refractivity contribution >= 4 is 23.1 Å². The maximum Gasteiger partial charge on any atom is 0.328 e. The lowest BCUT2D eigenvalue weighted by Crippen LogP contribution is -2.46. The highest BCUT2D eigenvalue weighted by Crippen LogP contribution is 2.50. The van der Waals surface area contributed by atoms with E-state index in [0.29, 0.717) is 16.7 Å². The summed E-state index contributed by atoms with van der Waals surface area (Å²) in [7, 11) is 0. The second-order valence-corrected chi connectivity index (χ2v) is 10.3. The van der Waals surface area contributed by atoms with Crippen LogP contribution in [-0.2, 0) is 14.3 Å². The molecular formula is C28H27NO8. The van der Waals surface area contributed by atoms with Crippen molar-refractivity contribution < 1.29 is 39.2 Å². The largest absolute Gasteiger partial charge is 0.480 e. The highest BCUT2D eigenvalue weighted by molar-refractivity contribution is 6.41. The van der Waals surface area contributed by atoms with E-state index in [-0.39, 0.29) is 41.2 Å². The first-order valence-electron chi connectivity index (χ1n) is 12.3. The van der Waals surface area contributed by atoms with Crippen LogP contribution in [0.3, 0.4) is 0 Å². The zero-order valence-electron chi connectivity index (χ0n) is 20.6. The molecule has 2 fully saturated rings. The number of nitrogens with zero attached hydrogens (tertiary/aromatic N) is 1. The number of ether oxygens (including phenoxy) is 2. The lowest BCUT2D eigenvalue weighted by atomic mass is 9.75. The molecule has 2 unspecified atom stereocenters. The fourth-order valence-corrected chi connectivity index (χ4v) is 6.25. The van der Waals surface area contributed by atoms with Crippen LogP contribution >= 0.6 is 0 Å². The van der Waals surface area contributed by atoms with Crippen LogP contribution in [0.4, 0.5) is 0 Å². The molecule has 3 aliphatic heterocycles. The van der Waals surface area contributed by atoms with Gasteiger partial charge in [0, 0.05) is 23.1 Å². The van der Waals surface area contributed by atoms with E-state index in [4.69, 9.17) is 9.47 Å². The van der Waals surface area contributed by atoms with Gasteiger partial charge in [-0.3, -0.25) is 9.59 Å². The minimum absolute atomic E-state index is 0.0174. The van der Waals surface area contributed by atoms with E-state index in [1.54, 1.807) is 25.1 Å². The number of rotatable bonds is 2. The molecule has 0 bridgehead atoms. The molecule has 3 N–H and O–H groups in total. The molecule has 2 saturated heterocycles. The van der Waals surface area contributed by atoms with E-state index in [1.165, 1.54) is 4.90 Å². The summed E-state index contributed by atoms with van der Waals surface area (Å²) in [5, 5.41) is 30.5. The molecule has 0 radical (unpaired) electrons. The predicted octanol–water partition coefficient (Wildman–Crippen LogP) is 2.46. The van der Waals surface area contributed by atoms with Crippen LogP contribution in [0.25, 0.3) is 5.57 Å². The summed E-state index contributed by atoms with van der Waals surface area (Å²) in [4.78, 5) is 42.1. The maximum absolute atomic E-state index is 14.3. The number of allylic oxidation sites excluding steroid dienone is 2. The average Bonchev–Trinajstić information content (AvgIpc) is 3.30. The van der Waals surface area contributed by atoms with E-state index in [9.17, 15) is 29.7 Å². The van der Waals surface area contributed by atoms with Gasteiger partial charge in [-0.2, -0.15) is 0 Å². The molecule has 2 aromatic carbocycles. The Hall–Kier alpha value is -3.37. The average molecular weight is 506 g/mol. The number of carbonyl (C=O) groups is 3. The minimum Gasteiger partial charge on any atom is -0.480 e. The van der Waals surface area contributed by atoms with Crippen molar-refractivity contribution in [1.29, 1.82) is 0 Å². The van der Waals surface area contributed by atoms with Crippen molar-refractivity contribution in [1.82, 2.24) is 4.90 Å². The molecule has 1 aliphatic carbocycles. The first-order valence-corrected chi connectivity index (χ1v) is 12.3. The van der Waals surface area contributed by atoms with Gasteiger partial charge in [0.25, 0.3) is 0 Å². The summed E-state index contributed by atoms with van der Waals surface area (Å²) < 4.78 is 11.9. The summed E-state index contributed by atoms with van der Waals surface area (Å²) in [6, 6.07) is 7.60. The number of aryl methyl sites for hydroxylation is 2. The Kier molecular flexibility index (Phi) is 5.40. The molecule has 3 heterocycles. The molecule has 0 amide bonds. The van der Waals surface area contributed by atoms with Crippen LogP contribution in [-0.4, -0.2) is 68.7 Å². The molecule has 6 atom stereocenters. The van der Waals surface area contributed by atoms with Gasteiger partial charge in [0.1, 0.15) is 11.8 Å². The van der Waals surface area contributed by atoms with Crippen molar-refractivity contribution in [3.63, 3.8) is 0 Å². The lowest BCUT2D eigenvalue weighted by Gasteiger charge is -2.41. The van der Waals surface area contributed by atoms with Gasteiger partial charge in [0.15, 0.2) is 18.1 Å². The van der Waals surface area contributed by atoms with Crippen molar-refractivity contribution in [2.45, 2.75) is 63.9 Å². The number of aliphatic carboxylic acids is 1. The Labute approximate surface area is 212 Å². The zero-order valence-corrected chi connectivity index (χ0v) is 20.6. The van der Waals surface area contributed by atoms with Crippen molar-refractivity contribution in [2.24, 2.45) is 0 Å². The van der Waals surface area contributed by atoms with Gasteiger partial charge in [0.2, 0.25) is 5.78 Å². The molecular weight excluding hydrogens is 478 g/mol. The lowest BCUT2D eigenvalue weighted by molar-refractivity contribution is -0.163. The third-order valence-corrected chi connectivity index (χ3v) is 7.87. The number of hydrogen-bond donors (Lipinski definition) is 3. The van der Waals surface area contributed by atoms with E-state index < -0.39 is 48.4 Å². The molecule has 2 aromatic rings. The summed E-state index contributed by atoms with van der Waals surface area (Å²) in [6.07, 6.45) is -4.32. The van der Waals surface area contributed by atoms with Gasteiger partial charge in [-0.1, -0.05) is 35.9 Å². The number of Topliss-reactive ketones (excluding diaryl/α,β-unsaturated/α-hetero) is 2. The number of carboxylic acids is 1. The molecule has 0 spiro atoms. The summed E-state index contributed by atoms with van der Waals surface area (Å²) in [5.41, 5.74) is 3.97. The summed E-state index contributed by atoms with van der Waals surface area (Å²) >= 11 is 0. The Morgan fingerprint density at radius 2 is 1.81 bits per heavy atom. The second kappa shape index (κ2) is 8.32. The maximum atomic E-state index is 14.3. The molecule has 9 heteroatoms. The van der Waals surface area contributed by atoms with E-state index in [0.717, 1.165) is 11.1 Å². The molecule has 4 aliphatic rings. The van der Waals surface area contributed by atoms with Gasteiger partial charge >= 0.3 is 5.97 Å². The van der Waals surface area contributed by atoms with Crippen LogP contribution in [0.2, 0.25) is 0 Å². The van der Waals surface area contributed by atoms with Gasteiger partial charge in [-0.15, -0.1) is 0 Å². The predicted molar refractivity (Wildman–Crippen MR) is 130 cm³/mol.